The SMILES string of the molecule is Nc1ccncc1-c1nc2ccccc2[nH]1. The highest BCUT2D eigenvalue weighted by atomic mass is 14.9. The molecule has 3 aromatic rings. The fraction of sp³-hybridized carbons (Fsp3) is 0. The molecule has 0 aliphatic heterocycles. The number of benzene rings is 1. The van der Waals surface area contributed by atoms with Crippen LogP contribution in [0.4, 0.5) is 5.69 Å². The van der Waals surface area contributed by atoms with E-state index in [1.807, 2.05) is 24.3 Å². The molecular formula is C12H10N4. The number of para-hydroxylation sites is 2. The zero-order valence-corrected chi connectivity index (χ0v) is 8.51. The number of H-pyrrole nitrogens is 1. The summed E-state index contributed by atoms with van der Waals surface area (Å²) in [4.78, 5) is 11.7. The number of fused-ring (bicyclic) bond motifs is 1. The number of anilines is 1. The Morgan fingerprint density at radius 1 is 1.12 bits per heavy atom. The Kier molecular flexibility index (Phi) is 1.86. The second kappa shape index (κ2) is 3.34. The van der Waals surface area contributed by atoms with Gasteiger partial charge in [0.25, 0.3) is 0 Å². The fourth-order valence-electron chi connectivity index (χ4n) is 1.68. The van der Waals surface area contributed by atoms with Crippen molar-refractivity contribution < 1.29 is 0 Å². The van der Waals surface area contributed by atoms with Crippen LogP contribution in [0.3, 0.4) is 0 Å². The van der Waals surface area contributed by atoms with Crippen LogP contribution in [0.25, 0.3) is 22.4 Å². The van der Waals surface area contributed by atoms with Crippen molar-refractivity contribution in [3.8, 4) is 11.4 Å². The van der Waals surface area contributed by atoms with Gasteiger partial charge in [-0.25, -0.2) is 4.98 Å². The van der Waals surface area contributed by atoms with Crippen molar-refractivity contribution in [3.63, 3.8) is 0 Å². The molecule has 0 saturated carbocycles. The maximum absolute atomic E-state index is 5.87. The van der Waals surface area contributed by atoms with Gasteiger partial charge in [0.15, 0.2) is 0 Å². The molecule has 0 radical (unpaired) electrons. The van der Waals surface area contributed by atoms with Crippen molar-refractivity contribution in [1.82, 2.24) is 15.0 Å². The molecule has 3 N–H and O–H groups in total. The zero-order valence-electron chi connectivity index (χ0n) is 8.51. The number of hydrogen-bond acceptors (Lipinski definition) is 3. The Morgan fingerprint density at radius 3 is 2.81 bits per heavy atom. The number of aromatic nitrogens is 3. The molecule has 0 aliphatic carbocycles. The molecule has 0 atom stereocenters. The summed E-state index contributed by atoms with van der Waals surface area (Å²) >= 11 is 0. The molecule has 3 rings (SSSR count). The molecule has 0 fully saturated rings. The first-order chi connectivity index (χ1) is 7.84. The first kappa shape index (κ1) is 8.91. The maximum Gasteiger partial charge on any atom is 0.142 e. The monoisotopic (exact) mass is 210 g/mol. The Balaban J connectivity index is 2.23. The molecule has 0 saturated heterocycles. The highest BCUT2D eigenvalue weighted by Crippen LogP contribution is 2.23. The Hall–Kier alpha value is -2.36. The van der Waals surface area contributed by atoms with Gasteiger partial charge in [0, 0.05) is 18.1 Å². The van der Waals surface area contributed by atoms with Gasteiger partial charge in [0.1, 0.15) is 5.82 Å². The second-order valence-electron chi connectivity index (χ2n) is 3.57. The van der Waals surface area contributed by atoms with E-state index in [1.165, 1.54) is 0 Å². The number of nitrogens with two attached hydrogens (primary N) is 1. The van der Waals surface area contributed by atoms with Crippen molar-refractivity contribution in [2.45, 2.75) is 0 Å². The highest BCUT2D eigenvalue weighted by molar-refractivity contribution is 5.81. The summed E-state index contributed by atoms with van der Waals surface area (Å²) in [6.07, 6.45) is 3.38. The van der Waals surface area contributed by atoms with Crippen molar-refractivity contribution in [1.29, 1.82) is 0 Å². The first-order valence-electron chi connectivity index (χ1n) is 4.99. The summed E-state index contributed by atoms with van der Waals surface area (Å²) in [5.74, 6) is 0.756. The summed E-state index contributed by atoms with van der Waals surface area (Å²) in [6, 6.07) is 9.64. The normalized spacial score (nSPS) is 10.8. The number of imidazole rings is 1. The molecule has 2 heterocycles. The van der Waals surface area contributed by atoms with Crippen LogP contribution in [-0.2, 0) is 0 Å². The molecule has 4 heteroatoms. The molecule has 78 valence electrons. The van der Waals surface area contributed by atoms with E-state index in [1.54, 1.807) is 18.5 Å². The van der Waals surface area contributed by atoms with Crippen LogP contribution >= 0.6 is 0 Å². The van der Waals surface area contributed by atoms with E-state index in [0.29, 0.717) is 5.69 Å². The van der Waals surface area contributed by atoms with Gasteiger partial charge >= 0.3 is 0 Å². The van der Waals surface area contributed by atoms with Crippen LogP contribution in [0.2, 0.25) is 0 Å². The molecule has 0 bridgehead atoms. The molecule has 0 spiro atoms. The molecular weight excluding hydrogens is 200 g/mol. The number of aromatic amines is 1. The third-order valence-electron chi connectivity index (χ3n) is 2.50. The van der Waals surface area contributed by atoms with Gasteiger partial charge in [-0.2, -0.15) is 0 Å². The van der Waals surface area contributed by atoms with E-state index in [-0.39, 0.29) is 0 Å². The van der Waals surface area contributed by atoms with Gasteiger partial charge in [-0.1, -0.05) is 12.1 Å². The highest BCUT2D eigenvalue weighted by Gasteiger charge is 2.07. The quantitative estimate of drug-likeness (QED) is 0.647. The van der Waals surface area contributed by atoms with Crippen LogP contribution in [0, 0.1) is 0 Å². The minimum absolute atomic E-state index is 0.675. The van der Waals surface area contributed by atoms with Crippen molar-refractivity contribution in [2.75, 3.05) is 5.73 Å². The zero-order chi connectivity index (χ0) is 11.0. The van der Waals surface area contributed by atoms with Gasteiger partial charge in [-0.05, 0) is 18.2 Å². The third kappa shape index (κ3) is 1.32. The Labute approximate surface area is 92.2 Å². The molecule has 0 unspecified atom stereocenters. The summed E-state index contributed by atoms with van der Waals surface area (Å²) in [5.41, 5.74) is 9.31. The average molecular weight is 210 g/mol. The number of nitrogens with one attached hydrogen (secondary N) is 1. The van der Waals surface area contributed by atoms with Crippen LogP contribution < -0.4 is 5.73 Å². The molecule has 16 heavy (non-hydrogen) atoms. The van der Waals surface area contributed by atoms with Crippen molar-refractivity contribution in [3.05, 3.63) is 42.7 Å². The van der Waals surface area contributed by atoms with E-state index in [9.17, 15) is 0 Å². The van der Waals surface area contributed by atoms with Gasteiger partial charge in [-0.15, -0.1) is 0 Å². The third-order valence-corrected chi connectivity index (χ3v) is 2.50. The predicted molar refractivity (Wildman–Crippen MR) is 63.7 cm³/mol. The van der Waals surface area contributed by atoms with Crippen LogP contribution in [0.15, 0.2) is 42.7 Å². The summed E-state index contributed by atoms with van der Waals surface area (Å²) in [6.45, 7) is 0. The predicted octanol–water partition coefficient (Wildman–Crippen LogP) is 2.21. The molecule has 4 nitrogen and oxygen atoms in total. The van der Waals surface area contributed by atoms with E-state index in [2.05, 4.69) is 15.0 Å². The Morgan fingerprint density at radius 2 is 2.00 bits per heavy atom. The second-order valence-corrected chi connectivity index (χ2v) is 3.57. The summed E-state index contributed by atoms with van der Waals surface area (Å²) < 4.78 is 0. The van der Waals surface area contributed by atoms with Crippen LogP contribution in [0.1, 0.15) is 0 Å². The average Bonchev–Trinajstić information content (AvgIpc) is 2.73. The lowest BCUT2D eigenvalue weighted by Gasteiger charge is -1.99. The lowest BCUT2D eigenvalue weighted by molar-refractivity contribution is 1.28. The number of pyridine rings is 1. The number of nitrogen functional groups attached to an aromatic ring is 1. The van der Waals surface area contributed by atoms with Gasteiger partial charge in [-0.3, -0.25) is 4.98 Å². The minimum Gasteiger partial charge on any atom is -0.398 e. The van der Waals surface area contributed by atoms with Gasteiger partial charge in [0.05, 0.1) is 16.6 Å². The molecule has 2 aromatic heterocycles. The smallest absolute Gasteiger partial charge is 0.142 e. The molecule has 1 aromatic carbocycles. The fourth-order valence-corrected chi connectivity index (χ4v) is 1.68. The minimum atomic E-state index is 0.675. The summed E-state index contributed by atoms with van der Waals surface area (Å²) in [7, 11) is 0. The lowest BCUT2D eigenvalue weighted by atomic mass is 10.2. The Bertz CT molecular complexity index is 609. The standard InChI is InChI=1S/C12H10N4/c13-9-5-6-14-7-8(9)12-15-10-3-1-2-4-11(10)16-12/h1-7H,(H2,13,14)(H,15,16). The lowest BCUT2D eigenvalue weighted by Crippen LogP contribution is -1.91. The molecule has 0 amide bonds. The van der Waals surface area contributed by atoms with E-state index >= 15 is 0 Å². The van der Waals surface area contributed by atoms with E-state index in [0.717, 1.165) is 22.4 Å². The van der Waals surface area contributed by atoms with Crippen LogP contribution in [0.5, 0.6) is 0 Å². The van der Waals surface area contributed by atoms with Gasteiger partial charge in [0.2, 0.25) is 0 Å². The topological polar surface area (TPSA) is 67.6 Å². The number of rotatable bonds is 1. The van der Waals surface area contributed by atoms with E-state index < -0.39 is 0 Å². The first-order valence-corrected chi connectivity index (χ1v) is 4.99. The number of hydrogen-bond donors (Lipinski definition) is 2. The van der Waals surface area contributed by atoms with Gasteiger partial charge < -0.3 is 10.7 Å². The molecule has 0 aliphatic rings. The largest absolute Gasteiger partial charge is 0.398 e. The summed E-state index contributed by atoms with van der Waals surface area (Å²) in [5, 5.41) is 0. The number of nitrogens with zero attached hydrogens (tertiary/aromatic N) is 2. The maximum atomic E-state index is 5.87. The van der Waals surface area contributed by atoms with Crippen molar-refractivity contribution in [2.24, 2.45) is 0 Å². The van der Waals surface area contributed by atoms with Crippen molar-refractivity contribution >= 4 is 16.7 Å². The van der Waals surface area contributed by atoms with Crippen LogP contribution in [-0.4, -0.2) is 15.0 Å². The van der Waals surface area contributed by atoms with E-state index in [4.69, 9.17) is 5.73 Å².